The largest absolute Gasteiger partial charge is 0.322 e. The molecule has 0 aliphatic rings. The minimum atomic E-state index is -3.79. The zero-order valence-electron chi connectivity index (χ0n) is 15.4. The van der Waals surface area contributed by atoms with Crippen molar-refractivity contribution in [2.24, 2.45) is 0 Å². The van der Waals surface area contributed by atoms with Crippen LogP contribution in [0.15, 0.2) is 71.6 Å². The van der Waals surface area contributed by atoms with Crippen LogP contribution in [0.2, 0.25) is 5.02 Å². The van der Waals surface area contributed by atoms with E-state index in [1.807, 2.05) is 6.07 Å². The van der Waals surface area contributed by atoms with Crippen LogP contribution >= 0.6 is 11.6 Å². The molecule has 28 heavy (non-hydrogen) atoms. The maximum atomic E-state index is 12.7. The van der Waals surface area contributed by atoms with Crippen molar-refractivity contribution in [1.29, 1.82) is 0 Å². The van der Waals surface area contributed by atoms with Gasteiger partial charge >= 0.3 is 0 Å². The highest BCUT2D eigenvalue weighted by Crippen LogP contribution is 2.25. The van der Waals surface area contributed by atoms with Crippen molar-refractivity contribution in [1.82, 2.24) is 0 Å². The molecule has 0 heterocycles. The highest BCUT2D eigenvalue weighted by molar-refractivity contribution is 7.92. The highest BCUT2D eigenvalue weighted by atomic mass is 35.5. The summed E-state index contributed by atoms with van der Waals surface area (Å²) in [6.45, 7) is 3.53. The Bertz CT molecular complexity index is 1130. The van der Waals surface area contributed by atoms with E-state index in [0.29, 0.717) is 27.5 Å². The second kappa shape index (κ2) is 8.04. The van der Waals surface area contributed by atoms with Crippen molar-refractivity contribution in [3.8, 4) is 0 Å². The molecule has 3 aromatic carbocycles. The number of rotatable bonds is 5. The summed E-state index contributed by atoms with van der Waals surface area (Å²) < 4.78 is 28.0. The molecule has 0 spiro atoms. The van der Waals surface area contributed by atoms with Crippen LogP contribution in [-0.2, 0) is 10.0 Å². The topological polar surface area (TPSA) is 75.3 Å². The van der Waals surface area contributed by atoms with E-state index in [4.69, 9.17) is 11.6 Å². The fraction of sp³-hybridized carbons (Fsp3) is 0.0952. The first kappa shape index (κ1) is 19.9. The monoisotopic (exact) mass is 414 g/mol. The third-order valence-corrected chi connectivity index (χ3v) is 5.83. The fourth-order valence-corrected chi connectivity index (χ4v) is 4.01. The molecule has 0 atom stereocenters. The molecule has 3 aromatic rings. The van der Waals surface area contributed by atoms with E-state index in [0.717, 1.165) is 5.56 Å². The van der Waals surface area contributed by atoms with Crippen LogP contribution in [0.4, 0.5) is 11.4 Å². The molecule has 0 radical (unpaired) electrons. The number of benzene rings is 3. The van der Waals surface area contributed by atoms with E-state index in [-0.39, 0.29) is 10.8 Å². The molecular weight excluding hydrogens is 396 g/mol. The van der Waals surface area contributed by atoms with Crippen molar-refractivity contribution in [3.05, 3.63) is 88.4 Å². The van der Waals surface area contributed by atoms with Crippen molar-refractivity contribution in [2.75, 3.05) is 10.0 Å². The normalized spacial score (nSPS) is 11.1. The Balaban J connectivity index is 1.83. The lowest BCUT2D eigenvalue weighted by atomic mass is 10.1. The van der Waals surface area contributed by atoms with Crippen LogP contribution in [0.1, 0.15) is 21.5 Å². The van der Waals surface area contributed by atoms with Crippen LogP contribution in [0.3, 0.4) is 0 Å². The van der Waals surface area contributed by atoms with E-state index >= 15 is 0 Å². The average Bonchev–Trinajstić information content (AvgIpc) is 2.66. The summed E-state index contributed by atoms with van der Waals surface area (Å²) in [5, 5.41) is 3.24. The lowest BCUT2D eigenvalue weighted by Crippen LogP contribution is -2.15. The van der Waals surface area contributed by atoms with E-state index in [9.17, 15) is 13.2 Å². The van der Waals surface area contributed by atoms with Crippen LogP contribution < -0.4 is 10.0 Å². The molecule has 7 heteroatoms. The van der Waals surface area contributed by atoms with E-state index in [1.54, 1.807) is 62.4 Å². The van der Waals surface area contributed by atoms with Crippen LogP contribution in [0.5, 0.6) is 0 Å². The second-order valence-corrected chi connectivity index (χ2v) is 8.48. The molecule has 0 saturated carbocycles. The lowest BCUT2D eigenvalue weighted by molar-refractivity contribution is 0.102. The Kier molecular flexibility index (Phi) is 5.72. The summed E-state index contributed by atoms with van der Waals surface area (Å²) in [5.41, 5.74) is 2.89. The van der Waals surface area contributed by atoms with Crippen LogP contribution in [-0.4, -0.2) is 14.3 Å². The van der Waals surface area contributed by atoms with E-state index < -0.39 is 10.0 Å². The molecule has 144 valence electrons. The van der Waals surface area contributed by atoms with E-state index in [1.165, 1.54) is 12.1 Å². The molecule has 2 N–H and O–H groups in total. The van der Waals surface area contributed by atoms with Gasteiger partial charge in [0.25, 0.3) is 15.9 Å². The molecule has 0 bridgehead atoms. The number of carbonyl (C=O) groups is 1. The minimum Gasteiger partial charge on any atom is -0.322 e. The molecule has 5 nitrogen and oxygen atoms in total. The predicted molar refractivity (Wildman–Crippen MR) is 113 cm³/mol. The van der Waals surface area contributed by atoms with Crippen LogP contribution in [0.25, 0.3) is 0 Å². The zero-order chi connectivity index (χ0) is 20.3. The second-order valence-electron chi connectivity index (χ2n) is 6.36. The van der Waals surface area contributed by atoms with Gasteiger partial charge in [-0.1, -0.05) is 35.9 Å². The maximum absolute atomic E-state index is 12.7. The number of anilines is 2. The lowest BCUT2D eigenvalue weighted by Gasteiger charge is -2.13. The quantitative estimate of drug-likeness (QED) is 0.616. The standard InChI is InChI=1S/C21H19ClN2O3S/c1-14-8-9-17(22)13-20(14)24-28(26,27)18-10-11-19(15(2)12-18)23-21(25)16-6-4-3-5-7-16/h3-13,24H,1-2H3,(H,23,25). The summed E-state index contributed by atoms with van der Waals surface area (Å²) >= 11 is 5.96. The van der Waals surface area contributed by atoms with Crippen molar-refractivity contribution in [3.63, 3.8) is 0 Å². The Morgan fingerprint density at radius 3 is 2.25 bits per heavy atom. The summed E-state index contributed by atoms with van der Waals surface area (Å²) in [5.74, 6) is -0.257. The minimum absolute atomic E-state index is 0.0992. The number of aryl methyl sites for hydroxylation is 2. The fourth-order valence-electron chi connectivity index (χ4n) is 2.64. The van der Waals surface area contributed by atoms with Crippen molar-refractivity contribution in [2.45, 2.75) is 18.7 Å². The number of halogens is 1. The summed E-state index contributed by atoms with van der Waals surface area (Å²) in [6.07, 6.45) is 0. The Labute approximate surface area is 169 Å². The maximum Gasteiger partial charge on any atom is 0.261 e. The molecule has 0 unspecified atom stereocenters. The summed E-state index contributed by atoms with van der Waals surface area (Å²) in [7, 11) is -3.79. The van der Waals surface area contributed by atoms with Gasteiger partial charge in [-0.3, -0.25) is 9.52 Å². The number of nitrogens with one attached hydrogen (secondary N) is 2. The van der Waals surface area contributed by atoms with Crippen molar-refractivity contribution < 1.29 is 13.2 Å². The number of amides is 1. The highest BCUT2D eigenvalue weighted by Gasteiger charge is 2.17. The van der Waals surface area contributed by atoms with Gasteiger partial charge in [-0.15, -0.1) is 0 Å². The predicted octanol–water partition coefficient (Wildman–Crippen LogP) is 5.01. The third-order valence-electron chi connectivity index (χ3n) is 4.24. The summed E-state index contributed by atoms with van der Waals surface area (Å²) in [4.78, 5) is 12.4. The smallest absolute Gasteiger partial charge is 0.261 e. The third kappa shape index (κ3) is 4.52. The molecule has 0 fully saturated rings. The van der Waals surface area contributed by atoms with Crippen molar-refractivity contribution >= 4 is 38.9 Å². The van der Waals surface area contributed by atoms with Gasteiger partial charge in [0.05, 0.1) is 10.6 Å². The molecule has 0 aliphatic carbocycles. The molecule has 0 saturated heterocycles. The van der Waals surface area contributed by atoms with E-state index in [2.05, 4.69) is 10.0 Å². The first-order valence-corrected chi connectivity index (χ1v) is 10.4. The molecule has 3 rings (SSSR count). The van der Waals surface area contributed by atoms with Gasteiger partial charge in [0, 0.05) is 16.3 Å². The molecule has 0 aromatic heterocycles. The SMILES string of the molecule is Cc1cc(S(=O)(=O)Nc2cc(Cl)ccc2C)ccc1NC(=O)c1ccccc1. The summed E-state index contributed by atoms with van der Waals surface area (Å²) in [6, 6.07) is 18.4. The van der Waals surface area contributed by atoms with Gasteiger partial charge in [-0.2, -0.15) is 0 Å². The Morgan fingerprint density at radius 1 is 0.857 bits per heavy atom. The number of sulfonamides is 1. The zero-order valence-corrected chi connectivity index (χ0v) is 16.9. The van der Waals surface area contributed by atoms with Gasteiger partial charge < -0.3 is 5.32 Å². The number of carbonyl (C=O) groups excluding carboxylic acids is 1. The molecule has 1 amide bonds. The molecular formula is C21H19ClN2O3S. The van der Waals surface area contributed by atoms with Gasteiger partial charge in [-0.05, 0) is 67.4 Å². The average molecular weight is 415 g/mol. The first-order valence-electron chi connectivity index (χ1n) is 8.52. The Morgan fingerprint density at radius 2 is 1.57 bits per heavy atom. The number of hydrogen-bond acceptors (Lipinski definition) is 3. The first-order chi connectivity index (χ1) is 13.3. The van der Waals surface area contributed by atoms with Gasteiger partial charge in [0.2, 0.25) is 0 Å². The number of hydrogen-bond donors (Lipinski definition) is 2. The van der Waals surface area contributed by atoms with Gasteiger partial charge in [-0.25, -0.2) is 8.42 Å². The van der Waals surface area contributed by atoms with Gasteiger partial charge in [0.1, 0.15) is 0 Å². The Hall–Kier alpha value is -2.83. The van der Waals surface area contributed by atoms with Gasteiger partial charge in [0.15, 0.2) is 0 Å². The van der Waals surface area contributed by atoms with Crippen LogP contribution in [0, 0.1) is 13.8 Å². The molecule has 0 aliphatic heterocycles.